The van der Waals surface area contributed by atoms with Crippen molar-refractivity contribution in [3.8, 4) is 5.75 Å². The van der Waals surface area contributed by atoms with Crippen molar-refractivity contribution < 1.29 is 5.11 Å². The van der Waals surface area contributed by atoms with Gasteiger partial charge in [-0.3, -0.25) is 0 Å². The van der Waals surface area contributed by atoms with Crippen LogP contribution in [-0.2, 0) is 6.42 Å². The third-order valence-corrected chi connectivity index (χ3v) is 2.25. The molecule has 0 spiro atoms. The van der Waals surface area contributed by atoms with Crippen LogP contribution in [0.1, 0.15) is 12.5 Å². The molecule has 1 aromatic rings. The van der Waals surface area contributed by atoms with Crippen molar-refractivity contribution in [2.24, 2.45) is 0 Å². The number of hydrogen-bond donors (Lipinski definition) is 2. The molecule has 0 aliphatic rings. The van der Waals surface area contributed by atoms with Gasteiger partial charge in [-0.15, -0.1) is 11.6 Å². The second kappa shape index (κ2) is 5.89. The van der Waals surface area contributed by atoms with E-state index in [4.69, 9.17) is 16.7 Å². The van der Waals surface area contributed by atoms with Crippen LogP contribution in [0.4, 0.5) is 0 Å². The minimum Gasteiger partial charge on any atom is -0.508 e. The lowest BCUT2D eigenvalue weighted by atomic mass is 10.1. The Labute approximate surface area is 89.9 Å². The van der Waals surface area contributed by atoms with E-state index in [-0.39, 0.29) is 0 Å². The molecule has 0 saturated heterocycles. The van der Waals surface area contributed by atoms with Crippen LogP contribution < -0.4 is 5.32 Å². The molecule has 14 heavy (non-hydrogen) atoms. The SMILES string of the molecule is CC(Cc1ccc(O)cc1)NCCCl. The van der Waals surface area contributed by atoms with Crippen molar-refractivity contribution in [3.63, 3.8) is 0 Å². The van der Waals surface area contributed by atoms with Crippen LogP contribution in [0.15, 0.2) is 24.3 Å². The molecular formula is C11H16ClNO. The Morgan fingerprint density at radius 2 is 2.00 bits per heavy atom. The average Bonchev–Trinajstić information content (AvgIpc) is 2.18. The molecule has 0 radical (unpaired) electrons. The molecule has 1 atom stereocenters. The number of phenolic OH excluding ortho intramolecular Hbond substituents is 1. The summed E-state index contributed by atoms with van der Waals surface area (Å²) >= 11 is 5.57. The predicted octanol–water partition coefficient (Wildman–Crippen LogP) is 2.15. The van der Waals surface area contributed by atoms with Crippen LogP contribution in [0.3, 0.4) is 0 Å². The first-order chi connectivity index (χ1) is 6.72. The van der Waals surface area contributed by atoms with Gasteiger partial charge in [-0.05, 0) is 31.0 Å². The topological polar surface area (TPSA) is 32.3 Å². The smallest absolute Gasteiger partial charge is 0.115 e. The summed E-state index contributed by atoms with van der Waals surface area (Å²) in [7, 11) is 0. The van der Waals surface area contributed by atoms with Crippen molar-refractivity contribution in [2.75, 3.05) is 12.4 Å². The van der Waals surface area contributed by atoms with Gasteiger partial charge in [0, 0.05) is 18.5 Å². The van der Waals surface area contributed by atoms with Gasteiger partial charge < -0.3 is 10.4 Å². The van der Waals surface area contributed by atoms with Gasteiger partial charge in [-0.1, -0.05) is 12.1 Å². The molecule has 0 aliphatic heterocycles. The fourth-order valence-corrected chi connectivity index (χ4v) is 1.47. The molecule has 3 heteroatoms. The van der Waals surface area contributed by atoms with E-state index in [1.807, 2.05) is 12.1 Å². The van der Waals surface area contributed by atoms with Crippen molar-refractivity contribution in [3.05, 3.63) is 29.8 Å². The first-order valence-corrected chi connectivity index (χ1v) is 5.33. The van der Waals surface area contributed by atoms with E-state index in [2.05, 4.69) is 12.2 Å². The number of benzene rings is 1. The van der Waals surface area contributed by atoms with Crippen molar-refractivity contribution >= 4 is 11.6 Å². The van der Waals surface area contributed by atoms with Crippen molar-refractivity contribution in [1.29, 1.82) is 0 Å². The van der Waals surface area contributed by atoms with E-state index >= 15 is 0 Å². The highest BCUT2D eigenvalue weighted by atomic mass is 35.5. The Hall–Kier alpha value is -0.730. The molecule has 2 N–H and O–H groups in total. The van der Waals surface area contributed by atoms with Gasteiger partial charge in [0.2, 0.25) is 0 Å². The Bertz CT molecular complexity index is 260. The molecule has 1 aromatic carbocycles. The Morgan fingerprint density at radius 1 is 1.36 bits per heavy atom. The Balaban J connectivity index is 2.39. The Morgan fingerprint density at radius 3 is 2.57 bits per heavy atom. The minimum absolute atomic E-state index is 0.315. The number of aromatic hydroxyl groups is 1. The number of hydrogen-bond acceptors (Lipinski definition) is 2. The van der Waals surface area contributed by atoms with Crippen LogP contribution in [0.25, 0.3) is 0 Å². The molecule has 0 saturated carbocycles. The number of phenols is 1. The number of rotatable bonds is 5. The summed E-state index contributed by atoms with van der Waals surface area (Å²) in [4.78, 5) is 0. The largest absolute Gasteiger partial charge is 0.508 e. The molecule has 0 heterocycles. The van der Waals surface area contributed by atoms with Crippen molar-refractivity contribution in [2.45, 2.75) is 19.4 Å². The van der Waals surface area contributed by atoms with E-state index in [0.717, 1.165) is 13.0 Å². The van der Waals surface area contributed by atoms with Crippen LogP contribution in [0, 0.1) is 0 Å². The number of alkyl halides is 1. The molecule has 2 nitrogen and oxygen atoms in total. The Kier molecular flexibility index (Phi) is 4.77. The zero-order valence-corrected chi connectivity index (χ0v) is 9.09. The van der Waals surface area contributed by atoms with E-state index < -0.39 is 0 Å². The quantitative estimate of drug-likeness (QED) is 0.735. The van der Waals surface area contributed by atoms with Crippen LogP contribution in [0.2, 0.25) is 0 Å². The molecule has 0 aliphatic carbocycles. The van der Waals surface area contributed by atoms with Gasteiger partial charge in [0.25, 0.3) is 0 Å². The molecule has 78 valence electrons. The highest BCUT2D eigenvalue weighted by Crippen LogP contribution is 2.10. The zero-order chi connectivity index (χ0) is 10.4. The summed E-state index contributed by atoms with van der Waals surface area (Å²) in [5, 5.41) is 12.4. The first kappa shape index (κ1) is 11.3. The zero-order valence-electron chi connectivity index (χ0n) is 8.33. The van der Waals surface area contributed by atoms with Crippen molar-refractivity contribution in [1.82, 2.24) is 5.32 Å². The lowest BCUT2D eigenvalue weighted by molar-refractivity contribution is 0.474. The summed E-state index contributed by atoms with van der Waals surface area (Å²) in [6, 6.07) is 7.72. The molecule has 0 bridgehead atoms. The van der Waals surface area contributed by atoms with E-state index in [9.17, 15) is 0 Å². The molecule has 0 aromatic heterocycles. The van der Waals surface area contributed by atoms with Gasteiger partial charge in [0.05, 0.1) is 0 Å². The average molecular weight is 214 g/mol. The molecular weight excluding hydrogens is 198 g/mol. The third-order valence-electron chi connectivity index (χ3n) is 2.07. The highest BCUT2D eigenvalue weighted by Gasteiger charge is 2.01. The fourth-order valence-electron chi connectivity index (χ4n) is 1.36. The molecule has 1 unspecified atom stereocenters. The standard InChI is InChI=1S/C11H16ClNO/c1-9(13-7-6-12)8-10-2-4-11(14)5-3-10/h2-5,9,13-14H,6-8H2,1H3. The van der Waals surface area contributed by atoms with Gasteiger partial charge >= 0.3 is 0 Å². The molecule has 0 fully saturated rings. The fraction of sp³-hybridized carbons (Fsp3) is 0.455. The summed E-state index contributed by atoms with van der Waals surface area (Å²) < 4.78 is 0. The summed E-state index contributed by atoms with van der Waals surface area (Å²) in [6.45, 7) is 2.96. The van der Waals surface area contributed by atoms with Gasteiger partial charge in [0.15, 0.2) is 0 Å². The normalized spacial score (nSPS) is 12.7. The second-order valence-corrected chi connectivity index (χ2v) is 3.79. The van der Waals surface area contributed by atoms with Gasteiger partial charge in [-0.2, -0.15) is 0 Å². The lowest BCUT2D eigenvalue weighted by Crippen LogP contribution is -2.29. The first-order valence-electron chi connectivity index (χ1n) is 4.79. The number of nitrogens with one attached hydrogen (secondary N) is 1. The van der Waals surface area contributed by atoms with Crippen LogP contribution in [0.5, 0.6) is 5.75 Å². The van der Waals surface area contributed by atoms with Crippen LogP contribution in [-0.4, -0.2) is 23.6 Å². The molecule has 0 amide bonds. The van der Waals surface area contributed by atoms with Gasteiger partial charge in [0.1, 0.15) is 5.75 Å². The summed E-state index contributed by atoms with van der Waals surface area (Å²) in [5.74, 6) is 0.954. The highest BCUT2D eigenvalue weighted by molar-refractivity contribution is 6.18. The summed E-state index contributed by atoms with van der Waals surface area (Å²) in [6.07, 6.45) is 0.956. The lowest BCUT2D eigenvalue weighted by Gasteiger charge is -2.12. The second-order valence-electron chi connectivity index (χ2n) is 3.41. The van der Waals surface area contributed by atoms with E-state index in [0.29, 0.717) is 17.7 Å². The van der Waals surface area contributed by atoms with Crippen LogP contribution >= 0.6 is 11.6 Å². The maximum Gasteiger partial charge on any atom is 0.115 e. The third kappa shape index (κ3) is 3.99. The molecule has 1 rings (SSSR count). The maximum atomic E-state index is 9.10. The van der Waals surface area contributed by atoms with Gasteiger partial charge in [-0.25, -0.2) is 0 Å². The van der Waals surface area contributed by atoms with E-state index in [1.165, 1.54) is 5.56 Å². The summed E-state index contributed by atoms with van der Waals surface area (Å²) in [5.41, 5.74) is 1.22. The predicted molar refractivity (Wildman–Crippen MR) is 60.0 cm³/mol. The van der Waals surface area contributed by atoms with E-state index in [1.54, 1.807) is 12.1 Å². The maximum absolute atomic E-state index is 9.10. The minimum atomic E-state index is 0.315. The monoisotopic (exact) mass is 213 g/mol. The number of halogens is 1.